The normalized spacial score (nSPS) is 25.3. The van der Waals surface area contributed by atoms with Crippen molar-refractivity contribution in [3.8, 4) is 0 Å². The smallest absolute Gasteiger partial charge is 0.308 e. The number of aliphatic carboxylic acids is 1. The molecule has 17 heavy (non-hydrogen) atoms. The van der Waals surface area contributed by atoms with Gasteiger partial charge in [-0.1, -0.05) is 6.92 Å². The van der Waals surface area contributed by atoms with E-state index in [0.717, 1.165) is 25.2 Å². The molecule has 0 radical (unpaired) electrons. The molecule has 94 valence electrons. The second-order valence-electron chi connectivity index (χ2n) is 4.79. The molecule has 1 N–H and O–H groups in total. The highest BCUT2D eigenvalue weighted by Gasteiger charge is 2.34. The average Bonchev–Trinajstić information content (AvgIpc) is 2.82. The summed E-state index contributed by atoms with van der Waals surface area (Å²) in [6.45, 7) is 6.58. The van der Waals surface area contributed by atoms with Crippen molar-refractivity contribution >= 4 is 17.3 Å². The standard InChI is InChI=1S/C12H18N2O2S/c1-8-5-14(6-10(8)12(15)16)4-3-11-9(2)13-7-17-11/h7-8,10H,3-6H2,1-2H3,(H,15,16). The zero-order valence-corrected chi connectivity index (χ0v) is 11.0. The van der Waals surface area contributed by atoms with Crippen LogP contribution in [0.4, 0.5) is 0 Å². The number of carboxylic acids is 1. The summed E-state index contributed by atoms with van der Waals surface area (Å²) in [5.74, 6) is -0.596. The second kappa shape index (κ2) is 5.14. The van der Waals surface area contributed by atoms with Crippen LogP contribution in [0.25, 0.3) is 0 Å². The molecule has 2 atom stereocenters. The van der Waals surface area contributed by atoms with E-state index in [1.165, 1.54) is 4.88 Å². The monoisotopic (exact) mass is 254 g/mol. The molecule has 1 aromatic rings. The van der Waals surface area contributed by atoms with Crippen LogP contribution in [0.2, 0.25) is 0 Å². The highest BCUT2D eigenvalue weighted by molar-refractivity contribution is 7.09. The van der Waals surface area contributed by atoms with E-state index < -0.39 is 5.97 Å². The summed E-state index contributed by atoms with van der Waals surface area (Å²) < 4.78 is 0. The Morgan fingerprint density at radius 3 is 2.94 bits per heavy atom. The van der Waals surface area contributed by atoms with E-state index in [4.69, 9.17) is 5.11 Å². The Balaban J connectivity index is 1.86. The number of hydrogen-bond donors (Lipinski definition) is 1. The molecule has 1 aromatic heterocycles. The van der Waals surface area contributed by atoms with Gasteiger partial charge in [0.25, 0.3) is 0 Å². The minimum atomic E-state index is -0.658. The van der Waals surface area contributed by atoms with Gasteiger partial charge in [-0.05, 0) is 19.3 Å². The van der Waals surface area contributed by atoms with Crippen molar-refractivity contribution in [2.24, 2.45) is 11.8 Å². The minimum Gasteiger partial charge on any atom is -0.481 e. The number of hydrogen-bond acceptors (Lipinski definition) is 4. The molecule has 1 aliphatic heterocycles. The maximum absolute atomic E-state index is 11.0. The molecule has 1 saturated heterocycles. The number of nitrogens with zero attached hydrogens (tertiary/aromatic N) is 2. The Hall–Kier alpha value is -0.940. The first kappa shape index (κ1) is 12.5. The molecule has 2 heterocycles. The van der Waals surface area contributed by atoms with Gasteiger partial charge >= 0.3 is 5.97 Å². The first-order valence-electron chi connectivity index (χ1n) is 5.92. The van der Waals surface area contributed by atoms with E-state index >= 15 is 0 Å². The van der Waals surface area contributed by atoms with Gasteiger partial charge in [0.1, 0.15) is 0 Å². The highest BCUT2D eigenvalue weighted by Crippen LogP contribution is 2.23. The van der Waals surface area contributed by atoms with Gasteiger partial charge in [-0.25, -0.2) is 4.98 Å². The maximum atomic E-state index is 11.0. The van der Waals surface area contributed by atoms with Gasteiger partial charge < -0.3 is 10.0 Å². The lowest BCUT2D eigenvalue weighted by Gasteiger charge is -2.14. The van der Waals surface area contributed by atoms with Crippen LogP contribution in [0, 0.1) is 18.8 Å². The lowest BCUT2D eigenvalue weighted by Crippen LogP contribution is -2.25. The van der Waals surface area contributed by atoms with Crippen LogP contribution < -0.4 is 0 Å². The van der Waals surface area contributed by atoms with Gasteiger partial charge in [0.05, 0.1) is 17.1 Å². The van der Waals surface area contributed by atoms with Crippen molar-refractivity contribution in [2.45, 2.75) is 20.3 Å². The van der Waals surface area contributed by atoms with E-state index in [1.807, 2.05) is 19.4 Å². The van der Waals surface area contributed by atoms with Gasteiger partial charge in [-0.15, -0.1) is 11.3 Å². The third-order valence-electron chi connectivity index (χ3n) is 3.51. The summed E-state index contributed by atoms with van der Waals surface area (Å²) in [7, 11) is 0. The van der Waals surface area contributed by atoms with Crippen molar-refractivity contribution in [3.05, 3.63) is 16.1 Å². The number of thiazole rings is 1. The maximum Gasteiger partial charge on any atom is 0.308 e. The summed E-state index contributed by atoms with van der Waals surface area (Å²) in [4.78, 5) is 18.8. The predicted molar refractivity (Wildman–Crippen MR) is 67.3 cm³/mol. The summed E-state index contributed by atoms with van der Waals surface area (Å²) >= 11 is 1.69. The van der Waals surface area contributed by atoms with E-state index in [0.29, 0.717) is 6.54 Å². The Bertz CT molecular complexity index is 405. The quantitative estimate of drug-likeness (QED) is 0.887. The number of likely N-dealkylation sites (tertiary alicyclic amines) is 1. The third-order valence-corrected chi connectivity index (χ3v) is 4.50. The topological polar surface area (TPSA) is 53.4 Å². The van der Waals surface area contributed by atoms with Crippen molar-refractivity contribution in [1.82, 2.24) is 9.88 Å². The van der Waals surface area contributed by atoms with Crippen molar-refractivity contribution in [3.63, 3.8) is 0 Å². The molecule has 0 amide bonds. The first-order valence-corrected chi connectivity index (χ1v) is 6.80. The second-order valence-corrected chi connectivity index (χ2v) is 5.73. The number of rotatable bonds is 4. The van der Waals surface area contributed by atoms with Gasteiger partial charge in [0, 0.05) is 24.5 Å². The molecule has 2 rings (SSSR count). The Labute approximate surface area is 105 Å². The molecule has 0 saturated carbocycles. The molecular formula is C12H18N2O2S. The van der Waals surface area contributed by atoms with E-state index in [2.05, 4.69) is 9.88 Å². The zero-order chi connectivity index (χ0) is 12.4. The summed E-state index contributed by atoms with van der Waals surface area (Å²) in [6, 6.07) is 0. The molecule has 0 spiro atoms. The van der Waals surface area contributed by atoms with E-state index in [1.54, 1.807) is 11.3 Å². The molecule has 1 fully saturated rings. The largest absolute Gasteiger partial charge is 0.481 e. The van der Waals surface area contributed by atoms with Crippen LogP contribution in [0.3, 0.4) is 0 Å². The zero-order valence-electron chi connectivity index (χ0n) is 10.2. The summed E-state index contributed by atoms with van der Waals surface area (Å²) in [6.07, 6.45) is 0.982. The van der Waals surface area contributed by atoms with Crippen molar-refractivity contribution < 1.29 is 9.90 Å². The minimum absolute atomic E-state index is 0.197. The Morgan fingerprint density at radius 2 is 2.41 bits per heavy atom. The third kappa shape index (κ3) is 2.84. The molecule has 4 nitrogen and oxygen atoms in total. The molecule has 2 unspecified atom stereocenters. The number of carboxylic acid groups (broad SMARTS) is 1. The average molecular weight is 254 g/mol. The number of aromatic nitrogens is 1. The molecule has 1 aliphatic rings. The van der Waals surface area contributed by atoms with Crippen LogP contribution in [0.1, 0.15) is 17.5 Å². The lowest BCUT2D eigenvalue weighted by molar-refractivity contribution is -0.142. The van der Waals surface area contributed by atoms with Crippen LogP contribution in [-0.2, 0) is 11.2 Å². The van der Waals surface area contributed by atoms with Gasteiger partial charge in [-0.3, -0.25) is 4.79 Å². The lowest BCUT2D eigenvalue weighted by atomic mass is 9.99. The van der Waals surface area contributed by atoms with Crippen LogP contribution in [-0.4, -0.2) is 40.6 Å². The van der Waals surface area contributed by atoms with Gasteiger partial charge in [-0.2, -0.15) is 0 Å². The van der Waals surface area contributed by atoms with Crippen LogP contribution >= 0.6 is 11.3 Å². The van der Waals surface area contributed by atoms with Gasteiger partial charge in [0.2, 0.25) is 0 Å². The molecule has 5 heteroatoms. The fourth-order valence-corrected chi connectivity index (χ4v) is 3.17. The fourth-order valence-electron chi connectivity index (χ4n) is 2.40. The van der Waals surface area contributed by atoms with E-state index in [-0.39, 0.29) is 11.8 Å². The SMILES string of the molecule is Cc1ncsc1CCN1CC(C)C(C(=O)O)C1. The number of aryl methyl sites for hydroxylation is 1. The van der Waals surface area contributed by atoms with Gasteiger partial charge in [0.15, 0.2) is 0 Å². The molecule has 0 aromatic carbocycles. The van der Waals surface area contributed by atoms with Crippen LogP contribution in [0.15, 0.2) is 5.51 Å². The number of carbonyl (C=O) groups is 1. The summed E-state index contributed by atoms with van der Waals surface area (Å²) in [5, 5.41) is 9.06. The van der Waals surface area contributed by atoms with Crippen molar-refractivity contribution in [2.75, 3.05) is 19.6 Å². The van der Waals surface area contributed by atoms with Crippen LogP contribution in [0.5, 0.6) is 0 Å². The Kier molecular flexibility index (Phi) is 3.79. The summed E-state index contributed by atoms with van der Waals surface area (Å²) in [5.41, 5.74) is 2.98. The van der Waals surface area contributed by atoms with E-state index in [9.17, 15) is 4.79 Å². The van der Waals surface area contributed by atoms with Crippen molar-refractivity contribution in [1.29, 1.82) is 0 Å². The Morgan fingerprint density at radius 1 is 1.65 bits per heavy atom. The molecule has 0 bridgehead atoms. The molecular weight excluding hydrogens is 236 g/mol. The predicted octanol–water partition coefficient (Wildman–Crippen LogP) is 1.65. The first-order chi connectivity index (χ1) is 8.08. The highest BCUT2D eigenvalue weighted by atomic mass is 32.1. The fraction of sp³-hybridized carbons (Fsp3) is 0.667. The molecule has 0 aliphatic carbocycles.